The number of imide groups is 1. The fraction of sp³-hybridized carbons (Fsp3) is 0.154. The highest BCUT2D eigenvalue weighted by molar-refractivity contribution is 6.32. The average molecular weight is 527 g/mol. The molecule has 0 saturated carbocycles. The Morgan fingerprint density at radius 2 is 1.64 bits per heavy atom. The molecule has 1 unspecified atom stereocenters. The van der Waals surface area contributed by atoms with E-state index in [-0.39, 0.29) is 23.2 Å². The minimum Gasteiger partial charge on any atom is -0.495 e. The van der Waals surface area contributed by atoms with Gasteiger partial charge >= 0.3 is 5.97 Å². The molecule has 1 atom stereocenters. The number of methoxy groups -OCH3 is 1. The second-order valence-corrected chi connectivity index (χ2v) is 8.81. The van der Waals surface area contributed by atoms with Crippen LogP contribution in [0.1, 0.15) is 43.6 Å². The first-order chi connectivity index (χ1) is 17.2. The van der Waals surface area contributed by atoms with Gasteiger partial charge in [0.15, 0.2) is 6.10 Å². The lowest BCUT2D eigenvalue weighted by Gasteiger charge is -2.14. The molecule has 0 spiro atoms. The molecule has 1 aliphatic rings. The molecular weight excluding hydrogens is 507 g/mol. The quantitative estimate of drug-likeness (QED) is 0.344. The highest BCUT2D eigenvalue weighted by Crippen LogP contribution is 2.28. The molecule has 3 aromatic rings. The summed E-state index contributed by atoms with van der Waals surface area (Å²) >= 11 is 12.0. The fourth-order valence-electron chi connectivity index (χ4n) is 3.60. The van der Waals surface area contributed by atoms with Gasteiger partial charge in [-0.2, -0.15) is 0 Å². The molecule has 8 nitrogen and oxygen atoms in total. The Morgan fingerprint density at radius 3 is 2.31 bits per heavy atom. The zero-order chi connectivity index (χ0) is 26.0. The number of nitrogens with zero attached hydrogens (tertiary/aromatic N) is 1. The fourth-order valence-corrected chi connectivity index (χ4v) is 3.99. The predicted octanol–water partition coefficient (Wildman–Crippen LogP) is 4.98. The van der Waals surface area contributed by atoms with Crippen LogP contribution in [0.2, 0.25) is 10.0 Å². The second-order valence-electron chi connectivity index (χ2n) is 7.97. The number of rotatable bonds is 7. The number of halogens is 2. The highest BCUT2D eigenvalue weighted by atomic mass is 35.5. The molecule has 36 heavy (non-hydrogen) atoms. The Kier molecular flexibility index (Phi) is 7.28. The third-order valence-corrected chi connectivity index (χ3v) is 6.08. The Morgan fingerprint density at radius 1 is 0.944 bits per heavy atom. The van der Waals surface area contributed by atoms with Gasteiger partial charge in [0, 0.05) is 10.7 Å². The second kappa shape index (κ2) is 10.4. The molecule has 0 fully saturated rings. The number of fused-ring (bicyclic) bond motifs is 1. The summed E-state index contributed by atoms with van der Waals surface area (Å²) in [7, 11) is 1.47. The van der Waals surface area contributed by atoms with Gasteiger partial charge in [-0.1, -0.05) is 35.3 Å². The first-order valence-electron chi connectivity index (χ1n) is 10.8. The summed E-state index contributed by atoms with van der Waals surface area (Å²) in [5, 5.41) is 3.46. The zero-order valence-corrected chi connectivity index (χ0v) is 20.7. The minimum absolute atomic E-state index is 0.0374. The number of benzene rings is 3. The van der Waals surface area contributed by atoms with Crippen LogP contribution in [0.3, 0.4) is 0 Å². The van der Waals surface area contributed by atoms with Crippen LogP contribution in [0.15, 0.2) is 60.7 Å². The number of anilines is 1. The monoisotopic (exact) mass is 526 g/mol. The van der Waals surface area contributed by atoms with Gasteiger partial charge in [0.1, 0.15) is 5.75 Å². The minimum atomic E-state index is -1.15. The van der Waals surface area contributed by atoms with Crippen molar-refractivity contribution in [1.82, 2.24) is 4.90 Å². The maximum absolute atomic E-state index is 12.9. The Hall–Kier alpha value is -3.88. The molecule has 0 bridgehead atoms. The van der Waals surface area contributed by atoms with E-state index >= 15 is 0 Å². The van der Waals surface area contributed by atoms with Crippen LogP contribution in [0.25, 0.3) is 0 Å². The van der Waals surface area contributed by atoms with Crippen LogP contribution < -0.4 is 10.1 Å². The molecule has 184 valence electrons. The third kappa shape index (κ3) is 5.19. The summed E-state index contributed by atoms with van der Waals surface area (Å²) in [6.45, 7) is 1.48. The van der Waals surface area contributed by atoms with E-state index in [2.05, 4.69) is 5.32 Å². The molecule has 3 aromatic carbocycles. The standard InChI is InChI=1S/C26H20Cl2N2O6/c1-14(23(31)29-18-8-10-22(35-2)21(28)12-18)36-26(34)16-5-9-19-20(11-16)25(33)30(24(19)32)13-15-3-6-17(27)7-4-15/h3-12,14H,13H2,1-2H3,(H,29,31). The van der Waals surface area contributed by atoms with Crippen molar-refractivity contribution in [1.29, 1.82) is 0 Å². The highest BCUT2D eigenvalue weighted by Gasteiger charge is 2.36. The van der Waals surface area contributed by atoms with Crippen LogP contribution in [0.4, 0.5) is 5.69 Å². The number of nitrogens with one attached hydrogen (secondary N) is 1. The van der Waals surface area contributed by atoms with Crippen molar-refractivity contribution in [3.8, 4) is 5.75 Å². The summed E-state index contributed by atoms with van der Waals surface area (Å²) in [5.41, 5.74) is 1.44. The molecule has 3 amide bonds. The number of ether oxygens (including phenoxy) is 2. The van der Waals surface area contributed by atoms with Crippen LogP contribution >= 0.6 is 23.2 Å². The zero-order valence-electron chi connectivity index (χ0n) is 19.2. The van der Waals surface area contributed by atoms with E-state index in [1.54, 1.807) is 36.4 Å². The summed E-state index contributed by atoms with van der Waals surface area (Å²) < 4.78 is 10.3. The number of carbonyl (C=O) groups is 4. The molecule has 4 rings (SSSR count). The molecular formula is C26H20Cl2N2O6. The Labute approximate surface area is 216 Å². The summed E-state index contributed by atoms with van der Waals surface area (Å²) in [6.07, 6.45) is -1.15. The first-order valence-corrected chi connectivity index (χ1v) is 11.5. The maximum Gasteiger partial charge on any atom is 0.338 e. The van der Waals surface area contributed by atoms with E-state index in [0.29, 0.717) is 21.5 Å². The van der Waals surface area contributed by atoms with Crippen LogP contribution in [-0.2, 0) is 16.1 Å². The summed E-state index contributed by atoms with van der Waals surface area (Å²) in [5.74, 6) is -1.93. The van der Waals surface area contributed by atoms with E-state index in [4.69, 9.17) is 32.7 Å². The van der Waals surface area contributed by atoms with E-state index in [1.165, 1.54) is 38.3 Å². The van der Waals surface area contributed by atoms with Crippen molar-refractivity contribution in [2.24, 2.45) is 0 Å². The first kappa shape index (κ1) is 25.2. The van der Waals surface area contributed by atoms with Crippen molar-refractivity contribution in [2.75, 3.05) is 12.4 Å². The molecule has 0 radical (unpaired) electrons. The van der Waals surface area contributed by atoms with Gasteiger partial charge in [-0.05, 0) is 61.0 Å². The number of hydrogen-bond donors (Lipinski definition) is 1. The lowest BCUT2D eigenvalue weighted by Crippen LogP contribution is -2.30. The summed E-state index contributed by atoms with van der Waals surface area (Å²) in [4.78, 5) is 51.9. The van der Waals surface area contributed by atoms with Crippen molar-refractivity contribution >= 4 is 52.6 Å². The van der Waals surface area contributed by atoms with Gasteiger partial charge in [0.25, 0.3) is 17.7 Å². The molecule has 0 saturated heterocycles. The van der Waals surface area contributed by atoms with Crippen LogP contribution in [-0.4, -0.2) is 41.8 Å². The van der Waals surface area contributed by atoms with Gasteiger partial charge in [-0.25, -0.2) is 4.79 Å². The number of hydrogen-bond acceptors (Lipinski definition) is 6. The van der Waals surface area contributed by atoms with Gasteiger partial charge in [0.05, 0.1) is 35.4 Å². The maximum atomic E-state index is 12.9. The number of esters is 1. The smallest absolute Gasteiger partial charge is 0.338 e. The topological polar surface area (TPSA) is 102 Å². The Bertz CT molecular complexity index is 1370. The third-order valence-electron chi connectivity index (χ3n) is 5.53. The van der Waals surface area contributed by atoms with Gasteiger partial charge < -0.3 is 14.8 Å². The van der Waals surface area contributed by atoms with Crippen molar-refractivity contribution in [3.63, 3.8) is 0 Å². The average Bonchev–Trinajstić information content (AvgIpc) is 3.09. The van der Waals surface area contributed by atoms with E-state index in [1.807, 2.05) is 0 Å². The van der Waals surface area contributed by atoms with E-state index < -0.39 is 29.8 Å². The molecule has 1 heterocycles. The van der Waals surface area contributed by atoms with Crippen molar-refractivity contribution < 1.29 is 28.7 Å². The van der Waals surface area contributed by atoms with Crippen LogP contribution in [0.5, 0.6) is 5.75 Å². The van der Waals surface area contributed by atoms with E-state index in [9.17, 15) is 19.2 Å². The van der Waals surface area contributed by atoms with Crippen molar-refractivity contribution in [2.45, 2.75) is 19.6 Å². The lowest BCUT2D eigenvalue weighted by molar-refractivity contribution is -0.123. The molecule has 0 aromatic heterocycles. The van der Waals surface area contributed by atoms with Gasteiger partial charge in [0.2, 0.25) is 0 Å². The van der Waals surface area contributed by atoms with Gasteiger partial charge in [-0.15, -0.1) is 0 Å². The molecule has 1 N–H and O–H groups in total. The molecule has 1 aliphatic heterocycles. The SMILES string of the molecule is COc1ccc(NC(=O)C(C)OC(=O)c2ccc3c(c2)C(=O)N(Cc2ccc(Cl)cc2)C3=O)cc1Cl. The van der Waals surface area contributed by atoms with Crippen molar-refractivity contribution in [3.05, 3.63) is 93.0 Å². The number of amides is 3. The predicted molar refractivity (Wildman–Crippen MR) is 134 cm³/mol. The summed E-state index contributed by atoms with van der Waals surface area (Å²) in [6, 6.07) is 15.6. The molecule has 0 aliphatic carbocycles. The Balaban J connectivity index is 1.43. The number of carbonyl (C=O) groups excluding carboxylic acids is 4. The normalized spacial score (nSPS) is 13.3. The molecule has 10 heteroatoms. The largest absolute Gasteiger partial charge is 0.495 e. The van der Waals surface area contributed by atoms with Crippen LogP contribution in [0, 0.1) is 0 Å². The lowest BCUT2D eigenvalue weighted by atomic mass is 10.1. The van der Waals surface area contributed by atoms with E-state index in [0.717, 1.165) is 10.5 Å². The van der Waals surface area contributed by atoms with Gasteiger partial charge in [-0.3, -0.25) is 19.3 Å².